The topological polar surface area (TPSA) is 84.5 Å². The maximum atomic E-state index is 12.8. The Morgan fingerprint density at radius 2 is 1.57 bits per heavy atom. The number of thioether (sulfide) groups is 1. The summed E-state index contributed by atoms with van der Waals surface area (Å²) in [6.07, 6.45) is -0.816. The van der Waals surface area contributed by atoms with Crippen molar-refractivity contribution in [3.8, 4) is 0 Å². The molecule has 2 aromatic rings. The number of halogens is 1. The molecule has 28 heavy (non-hydrogen) atoms. The van der Waals surface area contributed by atoms with Gasteiger partial charge in [0.2, 0.25) is 5.91 Å². The predicted molar refractivity (Wildman–Crippen MR) is 107 cm³/mol. The van der Waals surface area contributed by atoms with E-state index < -0.39 is 18.0 Å². The second kappa shape index (κ2) is 10.5. The molecule has 8 heteroatoms. The predicted octanol–water partition coefficient (Wildman–Crippen LogP) is 3.84. The van der Waals surface area contributed by atoms with Gasteiger partial charge in [0.25, 0.3) is 5.91 Å². The van der Waals surface area contributed by atoms with Crippen LogP contribution in [0.25, 0.3) is 0 Å². The van der Waals surface area contributed by atoms with Crippen molar-refractivity contribution in [2.45, 2.75) is 31.3 Å². The Labute approximate surface area is 166 Å². The zero-order valence-corrected chi connectivity index (χ0v) is 16.3. The number of esters is 1. The van der Waals surface area contributed by atoms with Crippen molar-refractivity contribution >= 4 is 40.9 Å². The summed E-state index contributed by atoms with van der Waals surface area (Å²) in [5, 5.41) is 5.27. The molecule has 0 radical (unpaired) electrons. The first-order valence-corrected chi connectivity index (χ1v) is 9.58. The van der Waals surface area contributed by atoms with Gasteiger partial charge in [0.1, 0.15) is 5.82 Å². The molecule has 2 amide bonds. The minimum Gasteiger partial charge on any atom is -0.453 e. The molecule has 0 bridgehead atoms. The summed E-state index contributed by atoms with van der Waals surface area (Å²) < 4.78 is 18.0. The molecule has 0 unspecified atom stereocenters. The molecular formula is C20H21FN2O4S. The third kappa shape index (κ3) is 7.40. The van der Waals surface area contributed by atoms with E-state index in [9.17, 15) is 18.8 Å². The smallest absolute Gasteiger partial charge is 0.307 e. The number of hydrogen-bond acceptors (Lipinski definition) is 5. The monoisotopic (exact) mass is 404 g/mol. The van der Waals surface area contributed by atoms with E-state index in [0.29, 0.717) is 17.1 Å². The summed E-state index contributed by atoms with van der Waals surface area (Å²) in [4.78, 5) is 35.9. The molecule has 0 saturated heterocycles. The van der Waals surface area contributed by atoms with E-state index in [1.54, 1.807) is 36.4 Å². The van der Waals surface area contributed by atoms with Gasteiger partial charge in [-0.25, -0.2) is 4.39 Å². The van der Waals surface area contributed by atoms with Crippen molar-refractivity contribution in [1.29, 1.82) is 0 Å². The molecule has 6 nitrogen and oxygen atoms in total. The average molecular weight is 404 g/mol. The molecule has 2 aromatic carbocycles. The van der Waals surface area contributed by atoms with Crippen molar-refractivity contribution in [3.63, 3.8) is 0 Å². The Balaban J connectivity index is 1.74. The summed E-state index contributed by atoms with van der Waals surface area (Å²) in [6.45, 7) is 2.90. The van der Waals surface area contributed by atoms with E-state index in [1.807, 2.05) is 0 Å². The Hall–Kier alpha value is -2.87. The molecule has 0 aliphatic carbocycles. The first-order chi connectivity index (χ1) is 13.3. The molecule has 0 saturated carbocycles. The summed E-state index contributed by atoms with van der Waals surface area (Å²) >= 11 is 1.40. The fraction of sp³-hybridized carbons (Fsp3) is 0.250. The van der Waals surface area contributed by atoms with Crippen LogP contribution in [-0.4, -0.2) is 29.6 Å². The van der Waals surface area contributed by atoms with Crippen LogP contribution in [0.2, 0.25) is 0 Å². The summed E-state index contributed by atoms with van der Waals surface area (Å²) in [5.74, 6) is -0.975. The number of nitrogens with one attached hydrogen (secondary N) is 2. The van der Waals surface area contributed by atoms with E-state index in [2.05, 4.69) is 10.6 Å². The van der Waals surface area contributed by atoms with Crippen molar-refractivity contribution in [2.75, 3.05) is 16.4 Å². The van der Waals surface area contributed by atoms with Crippen LogP contribution >= 0.6 is 11.8 Å². The minimum atomic E-state index is -0.946. The Morgan fingerprint density at radius 1 is 1.00 bits per heavy atom. The first-order valence-electron chi connectivity index (χ1n) is 8.60. The molecule has 0 heterocycles. The van der Waals surface area contributed by atoms with E-state index in [0.717, 1.165) is 4.90 Å². The zero-order chi connectivity index (χ0) is 20.5. The zero-order valence-electron chi connectivity index (χ0n) is 15.5. The number of rotatable bonds is 8. The van der Waals surface area contributed by atoms with E-state index in [-0.39, 0.29) is 18.1 Å². The minimum absolute atomic E-state index is 0.130. The number of ether oxygens (including phenoxy) is 1. The van der Waals surface area contributed by atoms with Crippen LogP contribution in [0.3, 0.4) is 0 Å². The summed E-state index contributed by atoms with van der Waals surface area (Å²) in [5.41, 5.74) is 1.14. The van der Waals surface area contributed by atoms with Gasteiger partial charge in [-0.1, -0.05) is 0 Å². The Bertz CT molecular complexity index is 825. The lowest BCUT2D eigenvalue weighted by atomic mass is 10.2. The van der Waals surface area contributed by atoms with E-state index >= 15 is 0 Å². The van der Waals surface area contributed by atoms with Crippen molar-refractivity contribution in [1.82, 2.24) is 0 Å². The molecule has 0 aromatic heterocycles. The fourth-order valence-electron chi connectivity index (χ4n) is 2.18. The van der Waals surface area contributed by atoms with Crippen molar-refractivity contribution < 1.29 is 23.5 Å². The molecule has 0 fully saturated rings. The molecule has 0 spiro atoms. The Morgan fingerprint density at radius 3 is 2.14 bits per heavy atom. The number of hydrogen-bond donors (Lipinski definition) is 2. The lowest BCUT2D eigenvalue weighted by molar-refractivity contribution is -0.152. The standard InChI is InChI=1S/C20H21FN2O4S/c1-13(20(26)23-17-7-5-16(6-8-17)22-14(2)24)27-19(25)11-12-28-18-9-3-15(21)4-10-18/h3-10,13H,11-12H2,1-2H3,(H,22,24)(H,23,26)/t13-/m0/s1. The van der Waals surface area contributed by atoms with Gasteiger partial charge in [-0.15, -0.1) is 11.8 Å². The van der Waals surface area contributed by atoms with Crippen LogP contribution in [0.5, 0.6) is 0 Å². The van der Waals surface area contributed by atoms with E-state index in [4.69, 9.17) is 4.74 Å². The first kappa shape index (κ1) is 21.4. The number of anilines is 2. The molecule has 2 N–H and O–H groups in total. The number of benzene rings is 2. The summed E-state index contributed by atoms with van der Waals surface area (Å²) in [7, 11) is 0. The molecule has 2 rings (SSSR count). The second-order valence-corrected chi connectivity index (χ2v) is 7.10. The highest BCUT2D eigenvalue weighted by Gasteiger charge is 2.17. The van der Waals surface area contributed by atoms with Gasteiger partial charge in [0.05, 0.1) is 6.42 Å². The highest BCUT2D eigenvalue weighted by Crippen LogP contribution is 2.19. The van der Waals surface area contributed by atoms with Gasteiger partial charge < -0.3 is 15.4 Å². The summed E-state index contributed by atoms with van der Waals surface area (Å²) in [6, 6.07) is 12.6. The highest BCUT2D eigenvalue weighted by atomic mass is 32.2. The van der Waals surface area contributed by atoms with Crippen LogP contribution in [0.1, 0.15) is 20.3 Å². The fourth-order valence-corrected chi connectivity index (χ4v) is 3.01. The highest BCUT2D eigenvalue weighted by molar-refractivity contribution is 7.99. The van der Waals surface area contributed by atoms with Gasteiger partial charge in [-0.3, -0.25) is 14.4 Å². The van der Waals surface area contributed by atoms with Gasteiger partial charge in [-0.05, 0) is 55.5 Å². The van der Waals surface area contributed by atoms with Crippen molar-refractivity contribution in [3.05, 3.63) is 54.3 Å². The van der Waals surface area contributed by atoms with Gasteiger partial charge in [0.15, 0.2) is 6.10 Å². The van der Waals surface area contributed by atoms with Crippen LogP contribution in [-0.2, 0) is 19.1 Å². The quantitative estimate of drug-likeness (QED) is 0.516. The van der Waals surface area contributed by atoms with Crippen LogP contribution < -0.4 is 10.6 Å². The van der Waals surface area contributed by atoms with Gasteiger partial charge in [0, 0.05) is 28.9 Å². The van der Waals surface area contributed by atoms with E-state index in [1.165, 1.54) is 37.7 Å². The third-order valence-corrected chi connectivity index (χ3v) is 4.55. The maximum absolute atomic E-state index is 12.8. The third-order valence-electron chi connectivity index (χ3n) is 3.54. The number of amides is 2. The van der Waals surface area contributed by atoms with Crippen LogP contribution in [0.4, 0.5) is 15.8 Å². The number of carbonyl (C=O) groups is 3. The largest absolute Gasteiger partial charge is 0.453 e. The molecule has 1 atom stereocenters. The number of carbonyl (C=O) groups excluding carboxylic acids is 3. The molecule has 148 valence electrons. The molecular weight excluding hydrogens is 383 g/mol. The van der Waals surface area contributed by atoms with Crippen LogP contribution in [0, 0.1) is 5.82 Å². The average Bonchev–Trinajstić information content (AvgIpc) is 2.64. The normalized spacial score (nSPS) is 11.4. The molecule has 0 aliphatic rings. The van der Waals surface area contributed by atoms with Crippen molar-refractivity contribution in [2.24, 2.45) is 0 Å². The van der Waals surface area contributed by atoms with Crippen LogP contribution in [0.15, 0.2) is 53.4 Å². The SMILES string of the molecule is CC(=O)Nc1ccc(NC(=O)[C@H](C)OC(=O)CCSc2ccc(F)cc2)cc1. The lowest BCUT2D eigenvalue weighted by Gasteiger charge is -2.14. The lowest BCUT2D eigenvalue weighted by Crippen LogP contribution is -2.30. The second-order valence-electron chi connectivity index (χ2n) is 5.93. The maximum Gasteiger partial charge on any atom is 0.307 e. The Kier molecular flexibility index (Phi) is 8.01. The molecule has 0 aliphatic heterocycles. The van der Waals surface area contributed by atoms with Gasteiger partial charge >= 0.3 is 5.97 Å². The van der Waals surface area contributed by atoms with Gasteiger partial charge in [-0.2, -0.15) is 0 Å².